The minimum Gasteiger partial charge on any atom is -0.478 e. The molecular formula is C21H22N6O2. The first-order valence-corrected chi connectivity index (χ1v) is 9.45. The number of nitrogens with one attached hydrogen (secondary N) is 1. The fraction of sp³-hybridized carbons (Fsp3) is 0.238. The van der Waals surface area contributed by atoms with E-state index in [-0.39, 0.29) is 5.56 Å². The van der Waals surface area contributed by atoms with Crippen molar-refractivity contribution in [2.24, 2.45) is 0 Å². The summed E-state index contributed by atoms with van der Waals surface area (Å²) in [5, 5.41) is 12.4. The number of anilines is 4. The fourth-order valence-electron chi connectivity index (χ4n) is 3.31. The van der Waals surface area contributed by atoms with Gasteiger partial charge in [0, 0.05) is 49.8 Å². The second-order valence-corrected chi connectivity index (χ2v) is 6.87. The summed E-state index contributed by atoms with van der Waals surface area (Å²) < 4.78 is 0. The predicted molar refractivity (Wildman–Crippen MR) is 112 cm³/mol. The van der Waals surface area contributed by atoms with Crippen LogP contribution in [0.1, 0.15) is 16.1 Å². The Morgan fingerprint density at radius 1 is 1.00 bits per heavy atom. The highest BCUT2D eigenvalue weighted by Crippen LogP contribution is 2.21. The molecule has 0 spiro atoms. The molecule has 3 aromatic rings. The Labute approximate surface area is 168 Å². The number of benzene rings is 1. The van der Waals surface area contributed by atoms with Crippen LogP contribution < -0.4 is 15.1 Å². The smallest absolute Gasteiger partial charge is 0.335 e. The third kappa shape index (κ3) is 4.43. The van der Waals surface area contributed by atoms with Gasteiger partial charge < -0.3 is 20.2 Å². The van der Waals surface area contributed by atoms with E-state index < -0.39 is 5.97 Å². The molecular weight excluding hydrogens is 368 g/mol. The van der Waals surface area contributed by atoms with E-state index in [1.54, 1.807) is 18.2 Å². The van der Waals surface area contributed by atoms with Gasteiger partial charge in [-0.25, -0.2) is 14.8 Å². The van der Waals surface area contributed by atoms with Gasteiger partial charge in [0.05, 0.1) is 5.56 Å². The maximum Gasteiger partial charge on any atom is 0.335 e. The van der Waals surface area contributed by atoms with Crippen molar-refractivity contribution >= 4 is 29.2 Å². The quantitative estimate of drug-likeness (QED) is 0.687. The number of carboxylic acid groups (broad SMARTS) is 1. The standard InChI is InChI=1S/C21H22N6O2/c1-15-13-18(24-17-6-4-5-16(14-17)20(28)29)25-21(23-15)27-11-9-26(10-12-27)19-7-2-3-8-22-19/h2-8,13-14H,9-12H2,1H3,(H,28,29)(H,23,24,25). The van der Waals surface area contributed by atoms with Crippen LogP contribution in [0.15, 0.2) is 54.7 Å². The van der Waals surface area contributed by atoms with Crippen molar-refractivity contribution in [3.63, 3.8) is 0 Å². The summed E-state index contributed by atoms with van der Waals surface area (Å²) in [7, 11) is 0. The van der Waals surface area contributed by atoms with Gasteiger partial charge in [0.25, 0.3) is 0 Å². The Kier molecular flexibility index (Phi) is 5.24. The average molecular weight is 390 g/mol. The van der Waals surface area contributed by atoms with Gasteiger partial charge in [-0.05, 0) is 37.3 Å². The largest absolute Gasteiger partial charge is 0.478 e. The zero-order chi connectivity index (χ0) is 20.2. The maximum atomic E-state index is 11.2. The number of hydrogen-bond donors (Lipinski definition) is 2. The lowest BCUT2D eigenvalue weighted by molar-refractivity contribution is 0.0697. The summed E-state index contributed by atoms with van der Waals surface area (Å²) in [6.07, 6.45) is 1.81. The molecule has 4 rings (SSSR count). The number of aromatic carboxylic acids is 1. The summed E-state index contributed by atoms with van der Waals surface area (Å²) in [6, 6.07) is 14.5. The number of nitrogens with zero attached hydrogens (tertiary/aromatic N) is 5. The van der Waals surface area contributed by atoms with E-state index in [9.17, 15) is 4.79 Å². The second-order valence-electron chi connectivity index (χ2n) is 6.87. The summed E-state index contributed by atoms with van der Waals surface area (Å²) >= 11 is 0. The van der Waals surface area contributed by atoms with E-state index in [0.29, 0.717) is 17.5 Å². The molecule has 2 N–H and O–H groups in total. The van der Waals surface area contributed by atoms with E-state index in [2.05, 4.69) is 30.1 Å². The first-order chi connectivity index (χ1) is 14.1. The second kappa shape index (κ2) is 8.14. The van der Waals surface area contributed by atoms with Crippen LogP contribution in [0, 0.1) is 6.92 Å². The molecule has 148 valence electrons. The number of aryl methyl sites for hydroxylation is 1. The monoisotopic (exact) mass is 390 g/mol. The van der Waals surface area contributed by atoms with E-state index >= 15 is 0 Å². The minimum atomic E-state index is -0.959. The van der Waals surface area contributed by atoms with Gasteiger partial charge in [0.2, 0.25) is 5.95 Å². The molecule has 29 heavy (non-hydrogen) atoms. The molecule has 1 aromatic carbocycles. The first-order valence-electron chi connectivity index (χ1n) is 9.45. The topological polar surface area (TPSA) is 94.5 Å². The number of carbonyl (C=O) groups is 1. The van der Waals surface area contributed by atoms with Gasteiger partial charge in [-0.15, -0.1) is 0 Å². The molecule has 8 heteroatoms. The van der Waals surface area contributed by atoms with Crippen LogP contribution in [-0.2, 0) is 0 Å². The summed E-state index contributed by atoms with van der Waals surface area (Å²) in [5.74, 6) is 1.33. The number of carboxylic acids is 1. The lowest BCUT2D eigenvalue weighted by Crippen LogP contribution is -2.47. The molecule has 3 heterocycles. The van der Waals surface area contributed by atoms with Crippen LogP contribution >= 0.6 is 0 Å². The maximum absolute atomic E-state index is 11.2. The molecule has 0 radical (unpaired) electrons. The van der Waals surface area contributed by atoms with Crippen LogP contribution in [-0.4, -0.2) is 52.2 Å². The van der Waals surface area contributed by atoms with Gasteiger partial charge >= 0.3 is 5.97 Å². The first kappa shape index (κ1) is 18.7. The highest BCUT2D eigenvalue weighted by molar-refractivity contribution is 5.89. The Morgan fingerprint density at radius 2 is 1.79 bits per heavy atom. The molecule has 2 aromatic heterocycles. The molecule has 0 unspecified atom stereocenters. The van der Waals surface area contributed by atoms with Crippen molar-refractivity contribution in [1.29, 1.82) is 0 Å². The molecule has 0 atom stereocenters. The summed E-state index contributed by atoms with van der Waals surface area (Å²) in [4.78, 5) is 29.2. The zero-order valence-electron chi connectivity index (χ0n) is 16.1. The van der Waals surface area contributed by atoms with Gasteiger partial charge in [0.15, 0.2) is 0 Å². The normalized spacial score (nSPS) is 14.0. The van der Waals surface area contributed by atoms with Crippen LogP contribution in [0.4, 0.5) is 23.3 Å². The highest BCUT2D eigenvalue weighted by atomic mass is 16.4. The average Bonchev–Trinajstić information content (AvgIpc) is 2.74. The number of rotatable bonds is 5. The van der Waals surface area contributed by atoms with Crippen molar-refractivity contribution in [3.05, 3.63) is 66.0 Å². The van der Waals surface area contributed by atoms with Crippen molar-refractivity contribution in [1.82, 2.24) is 15.0 Å². The minimum absolute atomic E-state index is 0.228. The molecule has 0 aliphatic carbocycles. The summed E-state index contributed by atoms with van der Waals surface area (Å²) in [6.45, 7) is 5.21. The number of piperazine rings is 1. The van der Waals surface area contributed by atoms with Crippen LogP contribution in [0.3, 0.4) is 0 Å². The Morgan fingerprint density at radius 3 is 2.52 bits per heavy atom. The van der Waals surface area contributed by atoms with Crippen LogP contribution in [0.2, 0.25) is 0 Å². The third-order valence-electron chi connectivity index (χ3n) is 4.76. The Balaban J connectivity index is 1.48. The van der Waals surface area contributed by atoms with E-state index in [0.717, 1.165) is 37.7 Å². The van der Waals surface area contributed by atoms with Gasteiger partial charge in [-0.1, -0.05) is 12.1 Å². The van der Waals surface area contributed by atoms with E-state index in [1.807, 2.05) is 43.5 Å². The fourth-order valence-corrected chi connectivity index (χ4v) is 3.31. The lowest BCUT2D eigenvalue weighted by Gasteiger charge is -2.35. The summed E-state index contributed by atoms with van der Waals surface area (Å²) in [5.41, 5.74) is 1.75. The van der Waals surface area contributed by atoms with Crippen LogP contribution in [0.5, 0.6) is 0 Å². The molecule has 1 saturated heterocycles. The number of hydrogen-bond acceptors (Lipinski definition) is 7. The van der Waals surface area contributed by atoms with Gasteiger partial charge in [-0.2, -0.15) is 4.98 Å². The van der Waals surface area contributed by atoms with Crippen LogP contribution in [0.25, 0.3) is 0 Å². The Bertz CT molecular complexity index is 1000. The Hall–Kier alpha value is -3.68. The van der Waals surface area contributed by atoms with Crippen molar-refractivity contribution in [2.45, 2.75) is 6.92 Å². The van der Waals surface area contributed by atoms with Crippen molar-refractivity contribution in [3.8, 4) is 0 Å². The highest BCUT2D eigenvalue weighted by Gasteiger charge is 2.20. The molecule has 1 fully saturated rings. The van der Waals surface area contributed by atoms with E-state index in [4.69, 9.17) is 5.11 Å². The number of aromatic nitrogens is 3. The predicted octanol–water partition coefficient (Wildman–Crippen LogP) is 2.95. The third-order valence-corrected chi connectivity index (χ3v) is 4.76. The van der Waals surface area contributed by atoms with Crippen molar-refractivity contribution in [2.75, 3.05) is 41.3 Å². The van der Waals surface area contributed by atoms with Gasteiger partial charge in [0.1, 0.15) is 11.6 Å². The molecule has 0 saturated carbocycles. The molecule has 1 aliphatic heterocycles. The van der Waals surface area contributed by atoms with Crippen molar-refractivity contribution < 1.29 is 9.90 Å². The SMILES string of the molecule is Cc1cc(Nc2cccc(C(=O)O)c2)nc(N2CCN(c3ccccn3)CC2)n1. The zero-order valence-corrected chi connectivity index (χ0v) is 16.1. The van der Waals surface area contributed by atoms with Gasteiger partial charge in [-0.3, -0.25) is 0 Å². The lowest BCUT2D eigenvalue weighted by atomic mass is 10.2. The molecule has 1 aliphatic rings. The molecule has 8 nitrogen and oxygen atoms in total. The molecule has 0 bridgehead atoms. The molecule has 0 amide bonds. The number of pyridine rings is 1. The van der Waals surface area contributed by atoms with E-state index in [1.165, 1.54) is 0 Å².